The number of anilines is 1. The molecule has 0 saturated carbocycles. The van der Waals surface area contributed by atoms with Gasteiger partial charge in [-0.15, -0.1) is 0 Å². The maximum absolute atomic E-state index is 4.88. The molecule has 0 atom stereocenters. The van der Waals surface area contributed by atoms with E-state index < -0.39 is 0 Å². The van der Waals surface area contributed by atoms with Gasteiger partial charge in [-0.25, -0.2) is 9.97 Å². The number of fused-ring (bicyclic) bond motifs is 1. The Kier molecular flexibility index (Phi) is 5.20. The topological polar surface area (TPSA) is 73.9 Å². The van der Waals surface area contributed by atoms with Crippen LogP contribution >= 0.6 is 0 Å². The third kappa shape index (κ3) is 3.98. The number of rotatable bonds is 5. The van der Waals surface area contributed by atoms with Gasteiger partial charge < -0.3 is 10.6 Å². The van der Waals surface area contributed by atoms with Crippen molar-refractivity contribution in [1.29, 1.82) is 0 Å². The first-order valence-corrected chi connectivity index (χ1v) is 9.25. The van der Waals surface area contributed by atoms with E-state index in [9.17, 15) is 0 Å². The molecule has 0 spiro atoms. The van der Waals surface area contributed by atoms with Gasteiger partial charge in [-0.05, 0) is 25.3 Å². The van der Waals surface area contributed by atoms with Crippen molar-refractivity contribution in [1.82, 2.24) is 26.1 Å². The van der Waals surface area contributed by atoms with E-state index in [1.807, 2.05) is 18.2 Å². The Morgan fingerprint density at radius 3 is 2.64 bits per heavy atom. The van der Waals surface area contributed by atoms with Crippen molar-refractivity contribution in [3.05, 3.63) is 41.6 Å². The van der Waals surface area contributed by atoms with Gasteiger partial charge in [0.25, 0.3) is 0 Å². The van der Waals surface area contributed by atoms with Crippen molar-refractivity contribution in [3.63, 3.8) is 0 Å². The first-order valence-electron chi connectivity index (χ1n) is 9.25. The smallest absolute Gasteiger partial charge is 0.161 e. The van der Waals surface area contributed by atoms with Gasteiger partial charge >= 0.3 is 0 Å². The maximum Gasteiger partial charge on any atom is 0.161 e. The summed E-state index contributed by atoms with van der Waals surface area (Å²) in [6, 6.07) is 10.3. The molecule has 0 radical (unpaired) electrons. The van der Waals surface area contributed by atoms with Crippen LogP contribution in [0.15, 0.2) is 30.3 Å². The van der Waals surface area contributed by atoms with Crippen LogP contribution < -0.4 is 21.5 Å². The van der Waals surface area contributed by atoms with Gasteiger partial charge in [0.2, 0.25) is 0 Å². The molecule has 0 aliphatic carbocycles. The Morgan fingerprint density at radius 2 is 1.80 bits per heavy atom. The minimum Gasteiger partial charge on any atom is -0.370 e. The third-order valence-electron chi connectivity index (χ3n) is 4.97. The summed E-state index contributed by atoms with van der Waals surface area (Å²) in [5.74, 6) is 2.53. The summed E-state index contributed by atoms with van der Waals surface area (Å²) in [6.45, 7) is 5.01. The van der Waals surface area contributed by atoms with Crippen LogP contribution in [0.1, 0.15) is 17.7 Å². The zero-order valence-corrected chi connectivity index (χ0v) is 14.5. The molecule has 4 N–H and O–H groups in total. The fourth-order valence-electron chi connectivity index (χ4n) is 3.51. The SMILES string of the molecule is c1ccc(-c2nc3c(c(NCCC4CNNC4)n2)CCNCC3)cc1. The summed E-state index contributed by atoms with van der Waals surface area (Å²) in [5.41, 5.74) is 9.95. The Morgan fingerprint density at radius 1 is 1.00 bits per heavy atom. The van der Waals surface area contributed by atoms with Gasteiger partial charge in [-0.3, -0.25) is 10.9 Å². The second kappa shape index (κ2) is 7.91. The highest BCUT2D eigenvalue weighted by atomic mass is 15.4. The van der Waals surface area contributed by atoms with Gasteiger partial charge in [0.15, 0.2) is 5.82 Å². The quantitative estimate of drug-likeness (QED) is 0.660. The number of benzene rings is 1. The molecule has 132 valence electrons. The molecule has 1 aromatic heterocycles. The molecule has 0 bridgehead atoms. The zero-order valence-electron chi connectivity index (χ0n) is 14.5. The highest BCUT2D eigenvalue weighted by molar-refractivity contribution is 5.60. The normalized spacial score (nSPS) is 17.9. The number of hydrogen-bond donors (Lipinski definition) is 4. The fraction of sp³-hybridized carbons (Fsp3) is 0.474. The monoisotopic (exact) mass is 338 g/mol. The fourth-order valence-corrected chi connectivity index (χ4v) is 3.51. The predicted molar refractivity (Wildman–Crippen MR) is 100 cm³/mol. The molecule has 0 unspecified atom stereocenters. The molecule has 1 aromatic carbocycles. The first-order chi connectivity index (χ1) is 12.4. The second-order valence-corrected chi connectivity index (χ2v) is 6.78. The van der Waals surface area contributed by atoms with Crippen LogP contribution in [0.25, 0.3) is 11.4 Å². The molecule has 6 nitrogen and oxygen atoms in total. The second-order valence-electron chi connectivity index (χ2n) is 6.78. The number of nitrogens with one attached hydrogen (secondary N) is 4. The lowest BCUT2D eigenvalue weighted by Gasteiger charge is -2.16. The van der Waals surface area contributed by atoms with Gasteiger partial charge in [-0.1, -0.05) is 30.3 Å². The molecule has 1 fully saturated rings. The lowest BCUT2D eigenvalue weighted by atomic mass is 10.1. The van der Waals surface area contributed by atoms with Crippen LogP contribution in [0.2, 0.25) is 0 Å². The van der Waals surface area contributed by atoms with Gasteiger partial charge in [-0.2, -0.15) is 0 Å². The minimum atomic E-state index is 0.684. The summed E-state index contributed by atoms with van der Waals surface area (Å²) >= 11 is 0. The summed E-state index contributed by atoms with van der Waals surface area (Å²) < 4.78 is 0. The molecule has 4 rings (SSSR count). The van der Waals surface area contributed by atoms with Gasteiger partial charge in [0, 0.05) is 43.7 Å². The van der Waals surface area contributed by atoms with Crippen molar-refractivity contribution < 1.29 is 0 Å². The van der Waals surface area contributed by atoms with E-state index in [0.717, 1.165) is 69.2 Å². The minimum absolute atomic E-state index is 0.684. The van der Waals surface area contributed by atoms with Crippen LogP contribution in [0.3, 0.4) is 0 Å². The van der Waals surface area contributed by atoms with Crippen molar-refractivity contribution in [2.75, 3.05) is 38.0 Å². The first kappa shape index (κ1) is 16.4. The van der Waals surface area contributed by atoms with E-state index in [2.05, 4.69) is 33.6 Å². The standard InChI is InChI=1S/C19H26N6/c1-2-4-15(5-3-1)18-24-17-8-10-20-9-7-16(17)19(25-18)21-11-6-14-12-22-23-13-14/h1-5,14,20,22-23H,6-13H2,(H,21,24,25). The van der Waals surface area contributed by atoms with Crippen molar-refractivity contribution in [2.45, 2.75) is 19.3 Å². The Labute approximate surface area is 148 Å². The molecular weight excluding hydrogens is 312 g/mol. The number of hydrogen-bond acceptors (Lipinski definition) is 6. The molecule has 2 aliphatic rings. The number of hydrazine groups is 1. The van der Waals surface area contributed by atoms with Crippen molar-refractivity contribution in [2.24, 2.45) is 5.92 Å². The highest BCUT2D eigenvalue weighted by Crippen LogP contribution is 2.24. The number of aromatic nitrogens is 2. The molecule has 0 amide bonds. The Balaban J connectivity index is 1.58. The third-order valence-corrected chi connectivity index (χ3v) is 4.97. The highest BCUT2D eigenvalue weighted by Gasteiger charge is 2.18. The van der Waals surface area contributed by atoms with Crippen molar-refractivity contribution >= 4 is 5.82 Å². The lowest BCUT2D eigenvalue weighted by Crippen LogP contribution is -2.21. The van der Waals surface area contributed by atoms with Crippen molar-refractivity contribution in [3.8, 4) is 11.4 Å². The molecule has 2 aromatic rings. The Hall–Kier alpha value is -2.02. The van der Waals surface area contributed by atoms with Gasteiger partial charge in [0.05, 0.1) is 5.69 Å². The van der Waals surface area contributed by atoms with Gasteiger partial charge in [0.1, 0.15) is 5.82 Å². The largest absolute Gasteiger partial charge is 0.370 e. The zero-order chi connectivity index (χ0) is 16.9. The van der Waals surface area contributed by atoms with E-state index in [0.29, 0.717) is 5.92 Å². The van der Waals surface area contributed by atoms with Crippen LogP contribution in [0, 0.1) is 5.92 Å². The molecule has 2 aliphatic heterocycles. The van der Waals surface area contributed by atoms with E-state index >= 15 is 0 Å². The van der Waals surface area contributed by atoms with E-state index in [-0.39, 0.29) is 0 Å². The van der Waals surface area contributed by atoms with Crippen LogP contribution in [-0.2, 0) is 12.8 Å². The summed E-state index contributed by atoms with van der Waals surface area (Å²) in [4.78, 5) is 9.76. The van der Waals surface area contributed by atoms with E-state index in [1.165, 1.54) is 11.3 Å². The maximum atomic E-state index is 4.88. The van der Waals surface area contributed by atoms with Crippen LogP contribution in [0.4, 0.5) is 5.82 Å². The number of nitrogens with zero attached hydrogens (tertiary/aromatic N) is 2. The van der Waals surface area contributed by atoms with E-state index in [4.69, 9.17) is 9.97 Å². The molecular formula is C19H26N6. The summed E-state index contributed by atoms with van der Waals surface area (Å²) in [5, 5.41) is 7.07. The van der Waals surface area contributed by atoms with Crippen LogP contribution in [-0.4, -0.2) is 42.7 Å². The van der Waals surface area contributed by atoms with Crippen LogP contribution in [0.5, 0.6) is 0 Å². The molecule has 1 saturated heterocycles. The molecule has 25 heavy (non-hydrogen) atoms. The molecule has 3 heterocycles. The molecule has 6 heteroatoms. The Bertz CT molecular complexity index is 697. The average molecular weight is 338 g/mol. The lowest BCUT2D eigenvalue weighted by molar-refractivity contribution is 0.574. The predicted octanol–water partition coefficient (Wildman–Crippen LogP) is 1.36. The average Bonchev–Trinajstić information content (AvgIpc) is 3.05. The summed E-state index contributed by atoms with van der Waals surface area (Å²) in [6.07, 6.45) is 3.08. The summed E-state index contributed by atoms with van der Waals surface area (Å²) in [7, 11) is 0. The van der Waals surface area contributed by atoms with E-state index in [1.54, 1.807) is 0 Å².